The molecule has 0 spiro atoms. The van der Waals surface area contributed by atoms with Gasteiger partial charge in [0.2, 0.25) is 0 Å². The molecule has 0 radical (unpaired) electrons. The van der Waals surface area contributed by atoms with E-state index in [1.807, 2.05) is 6.92 Å². The number of nitrogens with zero attached hydrogens (tertiary/aromatic N) is 3. The number of amides is 2. The molecule has 6 nitrogen and oxygen atoms in total. The van der Waals surface area contributed by atoms with Gasteiger partial charge >= 0.3 is 6.03 Å². The highest BCUT2D eigenvalue weighted by molar-refractivity contribution is 5.73. The summed E-state index contributed by atoms with van der Waals surface area (Å²) in [7, 11) is 0. The van der Waals surface area contributed by atoms with E-state index in [0.29, 0.717) is 13.1 Å². The van der Waals surface area contributed by atoms with Crippen molar-refractivity contribution in [2.24, 2.45) is 5.11 Å². The predicted molar refractivity (Wildman–Crippen MR) is 45.7 cm³/mol. The third kappa shape index (κ3) is 6.70. The molecule has 0 heterocycles. The summed E-state index contributed by atoms with van der Waals surface area (Å²) < 4.78 is 0. The Morgan fingerprint density at radius 3 is 2.75 bits per heavy atom. The molecule has 68 valence electrons. The average molecular weight is 171 g/mol. The normalized spacial score (nSPS) is 8.42. The van der Waals surface area contributed by atoms with Crippen LogP contribution in [0.3, 0.4) is 0 Å². The van der Waals surface area contributed by atoms with E-state index in [9.17, 15) is 4.79 Å². The third-order valence-electron chi connectivity index (χ3n) is 1.10. The monoisotopic (exact) mass is 171 g/mol. The van der Waals surface area contributed by atoms with Gasteiger partial charge in [0.1, 0.15) is 0 Å². The highest BCUT2D eigenvalue weighted by Crippen LogP contribution is 1.72. The lowest BCUT2D eigenvalue weighted by Gasteiger charge is -2.03. The first-order valence-corrected chi connectivity index (χ1v) is 3.83. The molecule has 0 bridgehead atoms. The van der Waals surface area contributed by atoms with E-state index >= 15 is 0 Å². The maximum atomic E-state index is 10.8. The molecule has 0 aliphatic rings. The highest BCUT2D eigenvalue weighted by atomic mass is 16.2. The van der Waals surface area contributed by atoms with Gasteiger partial charge in [-0.3, -0.25) is 0 Å². The summed E-state index contributed by atoms with van der Waals surface area (Å²) in [5.74, 6) is 0. The zero-order chi connectivity index (χ0) is 9.23. The Hall–Kier alpha value is -1.42. The molecule has 0 atom stereocenters. The van der Waals surface area contributed by atoms with Crippen LogP contribution < -0.4 is 10.6 Å². The summed E-state index contributed by atoms with van der Waals surface area (Å²) in [6.45, 7) is 3.29. The van der Waals surface area contributed by atoms with Crippen LogP contribution in [0.4, 0.5) is 4.79 Å². The van der Waals surface area contributed by atoms with Crippen LogP contribution in [0.1, 0.15) is 13.3 Å². The smallest absolute Gasteiger partial charge is 0.314 e. The van der Waals surface area contributed by atoms with Crippen molar-refractivity contribution in [3.8, 4) is 0 Å². The molecular weight excluding hydrogens is 158 g/mol. The lowest BCUT2D eigenvalue weighted by Crippen LogP contribution is -2.37. The van der Waals surface area contributed by atoms with Crippen LogP contribution in [0.25, 0.3) is 10.4 Å². The van der Waals surface area contributed by atoms with Crippen molar-refractivity contribution in [2.75, 3.05) is 19.6 Å². The molecular formula is C6H13N5O. The molecule has 0 fully saturated rings. The molecule has 0 unspecified atom stereocenters. The van der Waals surface area contributed by atoms with E-state index in [1.165, 1.54) is 0 Å². The maximum absolute atomic E-state index is 10.8. The second kappa shape index (κ2) is 7.68. The molecule has 0 aromatic carbocycles. The van der Waals surface area contributed by atoms with Crippen molar-refractivity contribution in [2.45, 2.75) is 13.3 Å². The van der Waals surface area contributed by atoms with Crippen LogP contribution in [0, 0.1) is 0 Å². The first-order chi connectivity index (χ1) is 5.81. The molecule has 6 heteroatoms. The molecule has 0 rings (SSSR count). The van der Waals surface area contributed by atoms with Gasteiger partial charge in [-0.2, -0.15) is 0 Å². The van der Waals surface area contributed by atoms with E-state index in [0.717, 1.165) is 6.42 Å². The molecule has 0 saturated carbocycles. The SMILES string of the molecule is CCCNC(=O)NCCN=[N+]=[N-]. The standard InChI is InChI=1S/C6H13N5O/c1-2-3-8-6(12)9-4-5-10-11-7/h2-5H2,1H3,(H2,8,9,12). The van der Waals surface area contributed by atoms with Gasteiger partial charge in [-0.1, -0.05) is 12.0 Å². The molecule has 2 amide bonds. The fourth-order valence-corrected chi connectivity index (χ4v) is 0.565. The molecule has 2 N–H and O–H groups in total. The molecule has 0 aromatic rings. The highest BCUT2D eigenvalue weighted by Gasteiger charge is 1.94. The fraction of sp³-hybridized carbons (Fsp3) is 0.833. The van der Waals surface area contributed by atoms with Gasteiger partial charge in [-0.05, 0) is 12.0 Å². The summed E-state index contributed by atoms with van der Waals surface area (Å²) in [6.07, 6.45) is 0.907. The van der Waals surface area contributed by atoms with Gasteiger partial charge < -0.3 is 10.6 Å². The Bertz CT molecular complexity index is 175. The molecule has 0 aliphatic heterocycles. The van der Waals surface area contributed by atoms with E-state index in [-0.39, 0.29) is 12.6 Å². The van der Waals surface area contributed by atoms with Crippen molar-refractivity contribution in [3.05, 3.63) is 10.4 Å². The number of hydrogen-bond donors (Lipinski definition) is 2. The quantitative estimate of drug-likeness (QED) is 0.275. The van der Waals surface area contributed by atoms with Crippen molar-refractivity contribution in [1.29, 1.82) is 0 Å². The molecule has 0 aliphatic carbocycles. The topological polar surface area (TPSA) is 89.9 Å². The Balaban J connectivity index is 3.25. The largest absolute Gasteiger partial charge is 0.338 e. The van der Waals surface area contributed by atoms with Crippen LogP contribution >= 0.6 is 0 Å². The fourth-order valence-electron chi connectivity index (χ4n) is 0.565. The van der Waals surface area contributed by atoms with E-state index in [4.69, 9.17) is 5.53 Å². The van der Waals surface area contributed by atoms with Gasteiger partial charge in [-0.15, -0.1) is 0 Å². The van der Waals surface area contributed by atoms with Crippen molar-refractivity contribution >= 4 is 6.03 Å². The number of urea groups is 1. The van der Waals surface area contributed by atoms with Gasteiger partial charge in [0, 0.05) is 24.5 Å². The van der Waals surface area contributed by atoms with Crippen LogP contribution in [0.2, 0.25) is 0 Å². The summed E-state index contributed by atoms with van der Waals surface area (Å²) in [5, 5.41) is 8.42. The van der Waals surface area contributed by atoms with Crippen LogP contribution in [0.15, 0.2) is 5.11 Å². The summed E-state index contributed by atoms with van der Waals surface area (Å²) >= 11 is 0. The number of hydrogen-bond acceptors (Lipinski definition) is 2. The lowest BCUT2D eigenvalue weighted by atomic mass is 10.5. The summed E-state index contributed by atoms with van der Waals surface area (Å²) in [6, 6.07) is -0.218. The van der Waals surface area contributed by atoms with Crippen molar-refractivity contribution < 1.29 is 4.79 Å². The van der Waals surface area contributed by atoms with Crippen LogP contribution in [-0.4, -0.2) is 25.7 Å². The van der Waals surface area contributed by atoms with E-state index in [2.05, 4.69) is 20.7 Å². The van der Waals surface area contributed by atoms with Gasteiger partial charge in [0.15, 0.2) is 0 Å². The second-order valence-electron chi connectivity index (χ2n) is 2.14. The minimum Gasteiger partial charge on any atom is -0.338 e. The average Bonchev–Trinajstić information content (AvgIpc) is 2.09. The zero-order valence-electron chi connectivity index (χ0n) is 7.08. The molecule has 0 aromatic heterocycles. The lowest BCUT2D eigenvalue weighted by molar-refractivity contribution is 0.241. The second-order valence-corrected chi connectivity index (χ2v) is 2.14. The van der Waals surface area contributed by atoms with Crippen molar-refractivity contribution in [1.82, 2.24) is 10.6 Å². The Morgan fingerprint density at radius 1 is 1.50 bits per heavy atom. The van der Waals surface area contributed by atoms with Crippen LogP contribution in [-0.2, 0) is 0 Å². The van der Waals surface area contributed by atoms with Gasteiger partial charge in [-0.25, -0.2) is 4.79 Å². The number of rotatable bonds is 5. The maximum Gasteiger partial charge on any atom is 0.314 e. The summed E-state index contributed by atoms with van der Waals surface area (Å²) in [4.78, 5) is 13.4. The Labute approximate surface area is 71.0 Å². The van der Waals surface area contributed by atoms with Crippen LogP contribution in [0.5, 0.6) is 0 Å². The first-order valence-electron chi connectivity index (χ1n) is 3.83. The molecule has 0 saturated heterocycles. The number of carbonyl (C=O) groups is 1. The van der Waals surface area contributed by atoms with Gasteiger partial charge in [0.25, 0.3) is 0 Å². The Kier molecular flexibility index (Phi) is 6.78. The minimum atomic E-state index is -0.218. The minimum absolute atomic E-state index is 0.218. The first kappa shape index (κ1) is 10.6. The third-order valence-corrected chi connectivity index (χ3v) is 1.10. The van der Waals surface area contributed by atoms with E-state index < -0.39 is 0 Å². The Morgan fingerprint density at radius 2 is 2.17 bits per heavy atom. The summed E-state index contributed by atoms with van der Waals surface area (Å²) in [5.41, 5.74) is 7.90. The number of carbonyl (C=O) groups excluding carboxylic acids is 1. The predicted octanol–water partition coefficient (Wildman–Crippen LogP) is 1.01. The van der Waals surface area contributed by atoms with Crippen molar-refractivity contribution in [3.63, 3.8) is 0 Å². The van der Waals surface area contributed by atoms with Gasteiger partial charge in [0.05, 0.1) is 0 Å². The van der Waals surface area contributed by atoms with E-state index in [1.54, 1.807) is 0 Å². The zero-order valence-corrected chi connectivity index (χ0v) is 7.08. The molecule has 12 heavy (non-hydrogen) atoms. The number of nitrogens with one attached hydrogen (secondary N) is 2. The number of azide groups is 1.